The first-order chi connectivity index (χ1) is 11.8. The number of amides is 1. The van der Waals surface area contributed by atoms with Crippen LogP contribution in [0.3, 0.4) is 0 Å². The van der Waals surface area contributed by atoms with Gasteiger partial charge in [-0.3, -0.25) is 4.79 Å². The summed E-state index contributed by atoms with van der Waals surface area (Å²) < 4.78 is 5.73. The van der Waals surface area contributed by atoms with Gasteiger partial charge in [0, 0.05) is 38.6 Å². The molecule has 148 valence electrons. The number of carbonyl (C=O) groups excluding carboxylic acids is 1. The molecule has 0 bridgehead atoms. The SMILES string of the molecule is CCOc1ccccc1N1CCN(C(=O)CCC2CCCN2)CC1.Cl.Cl. The molecule has 1 aromatic rings. The molecule has 3 rings (SSSR count). The molecule has 0 saturated carbocycles. The summed E-state index contributed by atoms with van der Waals surface area (Å²) >= 11 is 0. The van der Waals surface area contributed by atoms with E-state index in [-0.39, 0.29) is 24.8 Å². The van der Waals surface area contributed by atoms with Crippen LogP contribution in [-0.4, -0.2) is 56.2 Å². The van der Waals surface area contributed by atoms with Gasteiger partial charge in [0.15, 0.2) is 0 Å². The number of benzene rings is 1. The van der Waals surface area contributed by atoms with Crippen molar-refractivity contribution in [2.24, 2.45) is 0 Å². The predicted molar refractivity (Wildman–Crippen MR) is 111 cm³/mol. The zero-order chi connectivity index (χ0) is 16.8. The Morgan fingerprint density at radius 2 is 1.92 bits per heavy atom. The fourth-order valence-electron chi connectivity index (χ4n) is 3.65. The van der Waals surface area contributed by atoms with Crippen molar-refractivity contribution in [3.05, 3.63) is 24.3 Å². The van der Waals surface area contributed by atoms with Crippen molar-refractivity contribution < 1.29 is 9.53 Å². The lowest BCUT2D eigenvalue weighted by atomic mass is 10.1. The summed E-state index contributed by atoms with van der Waals surface area (Å²) in [7, 11) is 0. The van der Waals surface area contributed by atoms with Crippen LogP contribution in [0.1, 0.15) is 32.6 Å². The Morgan fingerprint density at radius 1 is 1.19 bits per heavy atom. The standard InChI is InChI=1S/C19H29N3O2.2ClH/c1-2-24-18-8-4-3-7-17(18)21-12-14-22(15-13-21)19(23)10-9-16-6-5-11-20-16;;/h3-4,7-8,16,20H,2,5-6,9-15H2,1H3;2*1H. The maximum absolute atomic E-state index is 12.4. The monoisotopic (exact) mass is 403 g/mol. The van der Waals surface area contributed by atoms with E-state index in [0.717, 1.165) is 50.6 Å². The molecular formula is C19H31Cl2N3O2. The van der Waals surface area contributed by atoms with Crippen molar-refractivity contribution in [3.63, 3.8) is 0 Å². The summed E-state index contributed by atoms with van der Waals surface area (Å²) in [5.41, 5.74) is 1.14. The molecule has 7 heteroatoms. The third kappa shape index (κ3) is 5.93. The van der Waals surface area contributed by atoms with Crippen LogP contribution in [-0.2, 0) is 4.79 Å². The lowest BCUT2D eigenvalue weighted by Gasteiger charge is -2.37. The average molecular weight is 404 g/mol. The second-order valence-corrected chi connectivity index (χ2v) is 6.60. The van der Waals surface area contributed by atoms with Crippen molar-refractivity contribution in [2.45, 2.75) is 38.6 Å². The minimum Gasteiger partial charge on any atom is -0.492 e. The highest BCUT2D eigenvalue weighted by Gasteiger charge is 2.24. The van der Waals surface area contributed by atoms with E-state index >= 15 is 0 Å². The first-order valence-electron chi connectivity index (χ1n) is 9.26. The molecule has 0 radical (unpaired) electrons. The quantitative estimate of drug-likeness (QED) is 0.792. The van der Waals surface area contributed by atoms with Gasteiger partial charge in [0.1, 0.15) is 5.75 Å². The van der Waals surface area contributed by atoms with Crippen molar-refractivity contribution in [2.75, 3.05) is 44.2 Å². The zero-order valence-electron chi connectivity index (χ0n) is 15.5. The van der Waals surface area contributed by atoms with E-state index in [9.17, 15) is 4.79 Å². The Hall–Kier alpha value is -1.17. The maximum atomic E-state index is 12.4. The van der Waals surface area contributed by atoms with E-state index in [0.29, 0.717) is 25.0 Å². The molecule has 2 aliphatic heterocycles. The number of piperazine rings is 1. The molecule has 2 fully saturated rings. The number of rotatable bonds is 6. The van der Waals surface area contributed by atoms with Gasteiger partial charge in [-0.25, -0.2) is 0 Å². The number of nitrogens with zero attached hydrogens (tertiary/aromatic N) is 2. The molecule has 1 amide bonds. The number of hydrogen-bond donors (Lipinski definition) is 1. The third-order valence-corrected chi connectivity index (χ3v) is 5.01. The number of nitrogens with one attached hydrogen (secondary N) is 1. The number of hydrogen-bond acceptors (Lipinski definition) is 4. The van der Waals surface area contributed by atoms with Crippen LogP contribution >= 0.6 is 24.8 Å². The molecule has 1 atom stereocenters. The Bertz CT molecular complexity index is 545. The van der Waals surface area contributed by atoms with Crippen LogP contribution in [0, 0.1) is 0 Å². The van der Waals surface area contributed by atoms with E-state index < -0.39 is 0 Å². The van der Waals surface area contributed by atoms with Gasteiger partial charge in [0.05, 0.1) is 12.3 Å². The van der Waals surface area contributed by atoms with Gasteiger partial charge in [0.2, 0.25) is 5.91 Å². The summed E-state index contributed by atoms with van der Waals surface area (Å²) in [4.78, 5) is 16.8. The fraction of sp³-hybridized carbons (Fsp3) is 0.632. The van der Waals surface area contributed by atoms with Crippen LogP contribution in [0.2, 0.25) is 0 Å². The predicted octanol–water partition coefficient (Wildman–Crippen LogP) is 3.11. The second kappa shape index (κ2) is 11.5. The molecule has 2 heterocycles. The number of ether oxygens (including phenoxy) is 1. The summed E-state index contributed by atoms with van der Waals surface area (Å²) in [5, 5.41) is 3.47. The number of halogens is 2. The normalized spacial score (nSPS) is 19.5. The van der Waals surface area contributed by atoms with Crippen LogP contribution < -0.4 is 15.0 Å². The maximum Gasteiger partial charge on any atom is 0.222 e. The number of carbonyl (C=O) groups is 1. The topological polar surface area (TPSA) is 44.8 Å². The Balaban J connectivity index is 0.00000169. The highest BCUT2D eigenvalue weighted by Crippen LogP contribution is 2.28. The van der Waals surface area contributed by atoms with Crippen molar-refractivity contribution in [1.82, 2.24) is 10.2 Å². The van der Waals surface area contributed by atoms with E-state index in [1.165, 1.54) is 12.8 Å². The van der Waals surface area contributed by atoms with Crippen molar-refractivity contribution in [3.8, 4) is 5.75 Å². The van der Waals surface area contributed by atoms with Crippen LogP contribution in [0.15, 0.2) is 24.3 Å². The minimum absolute atomic E-state index is 0. The van der Waals surface area contributed by atoms with Gasteiger partial charge >= 0.3 is 0 Å². The lowest BCUT2D eigenvalue weighted by Crippen LogP contribution is -2.49. The Morgan fingerprint density at radius 3 is 2.58 bits per heavy atom. The van der Waals surface area contributed by atoms with Gasteiger partial charge in [0.25, 0.3) is 0 Å². The van der Waals surface area contributed by atoms with Gasteiger partial charge in [-0.15, -0.1) is 24.8 Å². The van der Waals surface area contributed by atoms with Crippen LogP contribution in [0.4, 0.5) is 5.69 Å². The molecule has 1 aromatic carbocycles. The molecule has 2 aliphatic rings. The first kappa shape index (κ1) is 22.9. The lowest BCUT2D eigenvalue weighted by molar-refractivity contribution is -0.131. The van der Waals surface area contributed by atoms with Gasteiger partial charge < -0.3 is 19.9 Å². The first-order valence-corrected chi connectivity index (χ1v) is 9.26. The van der Waals surface area contributed by atoms with E-state index in [1.54, 1.807) is 0 Å². The molecule has 0 aliphatic carbocycles. The molecule has 0 aromatic heterocycles. The molecule has 1 N–H and O–H groups in total. The smallest absolute Gasteiger partial charge is 0.222 e. The summed E-state index contributed by atoms with van der Waals surface area (Å²) in [6, 6.07) is 8.72. The second-order valence-electron chi connectivity index (χ2n) is 6.60. The average Bonchev–Trinajstić information content (AvgIpc) is 3.14. The van der Waals surface area contributed by atoms with E-state index in [4.69, 9.17) is 4.74 Å². The van der Waals surface area contributed by atoms with Crippen molar-refractivity contribution >= 4 is 36.4 Å². The molecule has 2 saturated heterocycles. The fourth-order valence-corrected chi connectivity index (χ4v) is 3.65. The zero-order valence-corrected chi connectivity index (χ0v) is 17.1. The third-order valence-electron chi connectivity index (χ3n) is 5.01. The highest BCUT2D eigenvalue weighted by atomic mass is 35.5. The molecule has 26 heavy (non-hydrogen) atoms. The van der Waals surface area contributed by atoms with E-state index in [1.807, 2.05) is 30.0 Å². The summed E-state index contributed by atoms with van der Waals surface area (Å²) in [5.74, 6) is 1.24. The van der Waals surface area contributed by atoms with Crippen LogP contribution in [0.5, 0.6) is 5.75 Å². The van der Waals surface area contributed by atoms with Gasteiger partial charge in [-0.05, 0) is 44.9 Å². The molecular weight excluding hydrogens is 373 g/mol. The van der Waals surface area contributed by atoms with Gasteiger partial charge in [-0.1, -0.05) is 12.1 Å². The van der Waals surface area contributed by atoms with Crippen molar-refractivity contribution in [1.29, 1.82) is 0 Å². The highest BCUT2D eigenvalue weighted by molar-refractivity contribution is 5.85. The van der Waals surface area contributed by atoms with Crippen LogP contribution in [0.25, 0.3) is 0 Å². The Labute approximate surface area is 169 Å². The summed E-state index contributed by atoms with van der Waals surface area (Å²) in [6.45, 7) is 7.14. The molecule has 5 nitrogen and oxygen atoms in total. The molecule has 0 spiro atoms. The summed E-state index contributed by atoms with van der Waals surface area (Å²) in [6.07, 6.45) is 4.12. The minimum atomic E-state index is 0. The van der Waals surface area contributed by atoms with E-state index in [2.05, 4.69) is 16.3 Å². The van der Waals surface area contributed by atoms with Gasteiger partial charge in [-0.2, -0.15) is 0 Å². The molecule has 1 unspecified atom stereocenters. The largest absolute Gasteiger partial charge is 0.492 e. The number of para-hydroxylation sites is 2. The Kier molecular flexibility index (Phi) is 10.1. The number of anilines is 1.